The number of ether oxygens (including phenoxy) is 3. The van der Waals surface area contributed by atoms with Crippen molar-refractivity contribution in [3.05, 3.63) is 68.6 Å². The second-order valence-electron chi connectivity index (χ2n) is 11.6. The summed E-state index contributed by atoms with van der Waals surface area (Å²) in [6.45, 7) is 6.29. The third-order valence-corrected chi connectivity index (χ3v) is 10.3. The molecule has 8 heteroatoms. The molecule has 7 rings (SSSR count). The molecule has 4 saturated heterocycles. The Bertz CT molecular complexity index is 1130. The summed E-state index contributed by atoms with van der Waals surface area (Å²) in [5.41, 5.74) is 1.43. The molecule has 0 aromatic heterocycles. The van der Waals surface area contributed by atoms with Gasteiger partial charge in [0.1, 0.15) is 0 Å². The third kappa shape index (κ3) is 4.69. The van der Waals surface area contributed by atoms with Crippen LogP contribution in [0, 0.1) is 23.7 Å². The summed E-state index contributed by atoms with van der Waals surface area (Å²) in [6.07, 6.45) is 2.63. The van der Waals surface area contributed by atoms with Crippen LogP contribution in [0.25, 0.3) is 0 Å². The zero-order valence-corrected chi connectivity index (χ0v) is 25.1. The molecular weight excluding hydrogens is 616 g/mol. The number of halogens is 2. The molecule has 1 saturated carbocycles. The van der Waals surface area contributed by atoms with E-state index in [9.17, 15) is 4.79 Å². The van der Waals surface area contributed by atoms with E-state index in [1.807, 2.05) is 55.5 Å². The molecule has 6 nitrogen and oxygen atoms in total. The Hall–Kier alpha value is -1.29. The fourth-order valence-electron chi connectivity index (χ4n) is 7.17. The maximum atomic E-state index is 13.5. The highest BCUT2D eigenvalue weighted by molar-refractivity contribution is 9.10. The number of carbonyl (C=O) groups excluding carboxylic acids is 1. The van der Waals surface area contributed by atoms with Gasteiger partial charge in [0.15, 0.2) is 11.9 Å². The van der Waals surface area contributed by atoms with Crippen molar-refractivity contribution >= 4 is 37.8 Å². The van der Waals surface area contributed by atoms with Crippen molar-refractivity contribution in [1.82, 2.24) is 0 Å². The van der Waals surface area contributed by atoms with Gasteiger partial charge in [0, 0.05) is 33.1 Å². The normalized spacial score (nSPS) is 37.9. The molecule has 204 valence electrons. The Kier molecular flexibility index (Phi) is 7.28. The van der Waals surface area contributed by atoms with E-state index in [-0.39, 0.29) is 36.1 Å². The molecule has 5 aliphatic rings. The minimum absolute atomic E-state index is 0.0568. The first-order chi connectivity index (χ1) is 18.2. The quantitative estimate of drug-likeness (QED) is 0.247. The van der Waals surface area contributed by atoms with E-state index in [4.69, 9.17) is 24.0 Å². The van der Waals surface area contributed by atoms with Crippen LogP contribution in [0.3, 0.4) is 0 Å². The largest absolute Gasteiger partial charge is 0.435 e. The Balaban J connectivity index is 1.24. The number of hydrogen-bond acceptors (Lipinski definition) is 6. The first-order valence-electron chi connectivity index (χ1n) is 13.6. The van der Waals surface area contributed by atoms with Crippen LogP contribution in [-0.4, -0.2) is 29.9 Å². The summed E-state index contributed by atoms with van der Waals surface area (Å²) in [6, 6.07) is 16.2. The molecular formula is C30H34Br2O6. The number of carbonyl (C=O) groups is 1. The highest BCUT2D eigenvalue weighted by Crippen LogP contribution is 2.60. The molecule has 2 aromatic rings. The van der Waals surface area contributed by atoms with Gasteiger partial charge in [-0.1, -0.05) is 70.0 Å². The van der Waals surface area contributed by atoms with E-state index in [1.54, 1.807) is 0 Å². The molecule has 0 radical (unpaired) electrons. The topological polar surface area (TPSA) is 63.2 Å². The summed E-state index contributed by atoms with van der Waals surface area (Å²) >= 11 is 7.03. The Labute approximate surface area is 240 Å². The smallest absolute Gasteiger partial charge is 0.309 e. The van der Waals surface area contributed by atoms with E-state index in [1.165, 1.54) is 0 Å². The molecule has 4 heterocycles. The zero-order valence-electron chi connectivity index (χ0n) is 21.9. The van der Waals surface area contributed by atoms with E-state index in [0.29, 0.717) is 5.92 Å². The van der Waals surface area contributed by atoms with E-state index in [0.717, 1.165) is 45.8 Å². The monoisotopic (exact) mass is 648 g/mol. The molecule has 0 amide bonds. The highest BCUT2D eigenvalue weighted by atomic mass is 79.9. The van der Waals surface area contributed by atoms with Crippen molar-refractivity contribution in [1.29, 1.82) is 0 Å². The summed E-state index contributed by atoms with van der Waals surface area (Å²) in [5.74, 6) is -0.495. The molecule has 2 aromatic carbocycles. The predicted octanol–water partition coefficient (Wildman–Crippen LogP) is 7.48. The number of esters is 1. The summed E-state index contributed by atoms with van der Waals surface area (Å²) in [4.78, 5) is 25.6. The maximum absolute atomic E-state index is 13.5. The zero-order chi connectivity index (χ0) is 26.7. The number of fused-ring (bicyclic) bond motifs is 2. The van der Waals surface area contributed by atoms with Gasteiger partial charge in [-0.3, -0.25) is 4.79 Å². The van der Waals surface area contributed by atoms with E-state index >= 15 is 0 Å². The third-order valence-electron chi connectivity index (χ3n) is 9.26. The van der Waals surface area contributed by atoms with Crippen molar-refractivity contribution in [2.24, 2.45) is 23.7 Å². The Morgan fingerprint density at radius 2 is 1.58 bits per heavy atom. The number of benzene rings is 2. The second-order valence-corrected chi connectivity index (χ2v) is 13.5. The van der Waals surface area contributed by atoms with Crippen LogP contribution in [-0.2, 0) is 28.8 Å². The van der Waals surface area contributed by atoms with E-state index < -0.39 is 24.0 Å². The van der Waals surface area contributed by atoms with Crippen LogP contribution in [0.5, 0.6) is 0 Å². The molecule has 38 heavy (non-hydrogen) atoms. The fraction of sp³-hybridized carbons (Fsp3) is 0.567. The number of hydrogen-bond donors (Lipinski definition) is 0. The Morgan fingerprint density at radius 3 is 2.21 bits per heavy atom. The summed E-state index contributed by atoms with van der Waals surface area (Å²) in [5, 5.41) is 0. The van der Waals surface area contributed by atoms with Crippen molar-refractivity contribution in [2.45, 2.75) is 82.8 Å². The second kappa shape index (κ2) is 10.3. The molecule has 0 unspecified atom stereocenters. The Morgan fingerprint density at radius 1 is 0.947 bits per heavy atom. The maximum Gasteiger partial charge on any atom is 0.309 e. The van der Waals surface area contributed by atoms with Gasteiger partial charge in [0.2, 0.25) is 12.1 Å². The van der Waals surface area contributed by atoms with Gasteiger partial charge in [0.05, 0.1) is 6.42 Å². The van der Waals surface area contributed by atoms with Gasteiger partial charge in [-0.15, -0.1) is 0 Å². The van der Waals surface area contributed by atoms with Crippen LogP contribution in [0.2, 0.25) is 0 Å². The van der Waals surface area contributed by atoms with Crippen LogP contribution >= 0.6 is 31.9 Å². The van der Waals surface area contributed by atoms with Gasteiger partial charge in [-0.2, -0.15) is 0 Å². The fourth-order valence-corrected chi connectivity index (χ4v) is 7.70. The molecule has 8 atom stereocenters. The SMILES string of the molecule is C[C@H]1[C@H](OC(=O)CC(c2ccc(Br)cc2)c2ccc(Br)cc2)O[C@@H]2O[C@@]3(C)CC[C@H]4[C@H](C)CC[C@@H]1[C@@]24OO3. The highest BCUT2D eigenvalue weighted by Gasteiger charge is 2.69. The predicted molar refractivity (Wildman–Crippen MR) is 148 cm³/mol. The molecule has 5 fully saturated rings. The molecule has 1 aliphatic carbocycles. The van der Waals surface area contributed by atoms with Crippen molar-refractivity contribution in [3.63, 3.8) is 0 Å². The average Bonchev–Trinajstić information content (AvgIpc) is 3.13. The minimum atomic E-state index is -0.860. The van der Waals surface area contributed by atoms with Crippen LogP contribution in [0.4, 0.5) is 0 Å². The lowest BCUT2D eigenvalue weighted by Crippen LogP contribution is -2.70. The van der Waals surface area contributed by atoms with Gasteiger partial charge in [0.25, 0.3) is 0 Å². The van der Waals surface area contributed by atoms with Gasteiger partial charge in [-0.25, -0.2) is 9.78 Å². The van der Waals surface area contributed by atoms with Crippen molar-refractivity contribution < 1.29 is 28.8 Å². The van der Waals surface area contributed by atoms with Crippen LogP contribution in [0.15, 0.2) is 57.5 Å². The van der Waals surface area contributed by atoms with Gasteiger partial charge >= 0.3 is 5.97 Å². The van der Waals surface area contributed by atoms with Crippen molar-refractivity contribution in [3.8, 4) is 0 Å². The standard InChI is InChI=1S/C30H34Br2O6/c1-17-4-13-25-18(2)27(35-28-30(25)24(17)14-15-29(3,36-28)37-38-30)34-26(33)16-23(19-5-9-21(31)10-6-19)20-7-11-22(32)12-8-20/h5-12,17-18,23-25,27-28H,4,13-16H2,1-3H3/t17-,18-,24+,25+,27-,28-,29-,30-/m1/s1. The first kappa shape index (κ1) is 26.9. The molecule has 1 spiro atoms. The van der Waals surface area contributed by atoms with Crippen molar-refractivity contribution in [2.75, 3.05) is 0 Å². The lowest BCUT2D eigenvalue weighted by atomic mass is 9.58. The molecule has 0 N–H and O–H groups in total. The first-order valence-corrected chi connectivity index (χ1v) is 15.2. The molecule has 4 aliphatic heterocycles. The molecule has 2 bridgehead atoms. The van der Waals surface area contributed by atoms with E-state index in [2.05, 4.69) is 45.7 Å². The summed E-state index contributed by atoms with van der Waals surface area (Å²) < 4.78 is 21.0. The minimum Gasteiger partial charge on any atom is -0.435 e. The number of rotatable bonds is 5. The average molecular weight is 650 g/mol. The summed E-state index contributed by atoms with van der Waals surface area (Å²) in [7, 11) is 0. The van der Waals surface area contributed by atoms with Gasteiger partial charge in [-0.05, 0) is 73.4 Å². The van der Waals surface area contributed by atoms with Crippen LogP contribution in [0.1, 0.15) is 69.9 Å². The lowest BCUT2D eigenvalue weighted by Gasteiger charge is -2.59. The van der Waals surface area contributed by atoms with Gasteiger partial charge < -0.3 is 14.2 Å². The lowest BCUT2D eigenvalue weighted by molar-refractivity contribution is -0.576. The van der Waals surface area contributed by atoms with Crippen LogP contribution < -0.4 is 0 Å².